The summed E-state index contributed by atoms with van der Waals surface area (Å²) in [6.07, 6.45) is 5.24. The number of methoxy groups -OCH3 is 2. The smallest absolute Gasteiger partial charge is 0.165 e. The Hall–Kier alpha value is -2.82. The van der Waals surface area contributed by atoms with E-state index in [0.717, 1.165) is 47.8 Å². The van der Waals surface area contributed by atoms with Crippen molar-refractivity contribution in [3.05, 3.63) is 48.2 Å². The molecular formula is C23H27NO4. The standard InChI is InChI=1S/C23H27NO4/c1-4-5-15(20-13-24-21-8-6-16(25-2)11-19(20)21)10-18-14-27-22-9-7-17(26-3)12-23(22)28-18/h6-9,11-13,15,18,24H,4-5,10,14H2,1-3H3. The maximum Gasteiger partial charge on any atom is 0.165 e. The fourth-order valence-electron chi connectivity index (χ4n) is 3.99. The number of benzene rings is 2. The number of H-pyrrole nitrogens is 1. The van der Waals surface area contributed by atoms with Crippen LogP contribution in [0.2, 0.25) is 0 Å². The second-order valence-electron chi connectivity index (χ2n) is 7.24. The van der Waals surface area contributed by atoms with Gasteiger partial charge in [-0.2, -0.15) is 0 Å². The molecule has 4 rings (SSSR count). The molecule has 2 aromatic carbocycles. The van der Waals surface area contributed by atoms with Crippen molar-refractivity contribution in [3.8, 4) is 23.0 Å². The van der Waals surface area contributed by atoms with E-state index < -0.39 is 0 Å². The Morgan fingerprint density at radius 2 is 1.86 bits per heavy atom. The third kappa shape index (κ3) is 3.61. The van der Waals surface area contributed by atoms with Gasteiger partial charge in [-0.15, -0.1) is 0 Å². The van der Waals surface area contributed by atoms with Gasteiger partial charge in [0.25, 0.3) is 0 Å². The van der Waals surface area contributed by atoms with E-state index in [0.29, 0.717) is 12.5 Å². The Labute approximate surface area is 165 Å². The monoisotopic (exact) mass is 381 g/mol. The molecule has 0 aliphatic carbocycles. The van der Waals surface area contributed by atoms with E-state index in [2.05, 4.69) is 30.2 Å². The van der Waals surface area contributed by atoms with Crippen LogP contribution in [0.5, 0.6) is 23.0 Å². The van der Waals surface area contributed by atoms with E-state index in [4.69, 9.17) is 18.9 Å². The minimum absolute atomic E-state index is 0.00622. The molecule has 28 heavy (non-hydrogen) atoms. The number of fused-ring (bicyclic) bond motifs is 2. The van der Waals surface area contributed by atoms with Crippen molar-refractivity contribution >= 4 is 10.9 Å². The van der Waals surface area contributed by atoms with Gasteiger partial charge in [0.05, 0.1) is 14.2 Å². The summed E-state index contributed by atoms with van der Waals surface area (Å²) in [5.41, 5.74) is 2.45. The first-order valence-corrected chi connectivity index (χ1v) is 9.84. The Balaban J connectivity index is 1.57. The third-order valence-corrected chi connectivity index (χ3v) is 5.41. The van der Waals surface area contributed by atoms with Crippen molar-refractivity contribution in [2.75, 3.05) is 20.8 Å². The summed E-state index contributed by atoms with van der Waals surface area (Å²) in [7, 11) is 3.36. The molecule has 5 nitrogen and oxygen atoms in total. The zero-order chi connectivity index (χ0) is 19.5. The highest BCUT2D eigenvalue weighted by atomic mass is 16.6. The van der Waals surface area contributed by atoms with Crippen LogP contribution < -0.4 is 18.9 Å². The largest absolute Gasteiger partial charge is 0.497 e. The van der Waals surface area contributed by atoms with E-state index in [9.17, 15) is 0 Å². The molecule has 1 aliphatic rings. The summed E-state index contributed by atoms with van der Waals surface area (Å²) in [6.45, 7) is 2.78. The molecule has 3 aromatic rings. The molecule has 2 unspecified atom stereocenters. The number of aromatic amines is 1. The highest BCUT2D eigenvalue weighted by Crippen LogP contribution is 2.39. The van der Waals surface area contributed by atoms with Crippen molar-refractivity contribution in [2.45, 2.75) is 38.2 Å². The first kappa shape index (κ1) is 18.5. The van der Waals surface area contributed by atoms with Crippen LogP contribution in [0.25, 0.3) is 10.9 Å². The molecule has 0 fully saturated rings. The number of ether oxygens (including phenoxy) is 4. The molecule has 0 amide bonds. The number of hydrogen-bond acceptors (Lipinski definition) is 4. The predicted molar refractivity (Wildman–Crippen MR) is 110 cm³/mol. The molecule has 0 radical (unpaired) electrons. The van der Waals surface area contributed by atoms with Crippen LogP contribution in [0, 0.1) is 0 Å². The minimum Gasteiger partial charge on any atom is -0.497 e. The number of nitrogens with one attached hydrogen (secondary N) is 1. The fraction of sp³-hybridized carbons (Fsp3) is 0.391. The van der Waals surface area contributed by atoms with Gasteiger partial charge in [-0.3, -0.25) is 0 Å². The Morgan fingerprint density at radius 1 is 1.07 bits per heavy atom. The minimum atomic E-state index is 0.00622. The Kier molecular flexibility index (Phi) is 5.33. The lowest BCUT2D eigenvalue weighted by atomic mass is 9.89. The van der Waals surface area contributed by atoms with E-state index in [1.807, 2.05) is 24.3 Å². The topological polar surface area (TPSA) is 52.7 Å². The zero-order valence-corrected chi connectivity index (χ0v) is 16.7. The number of rotatable bonds is 7. The summed E-state index contributed by atoms with van der Waals surface area (Å²) in [5.74, 6) is 3.57. The van der Waals surface area contributed by atoms with Crippen LogP contribution >= 0.6 is 0 Å². The van der Waals surface area contributed by atoms with Crippen LogP contribution in [0.4, 0.5) is 0 Å². The van der Waals surface area contributed by atoms with Crippen molar-refractivity contribution in [1.29, 1.82) is 0 Å². The molecule has 0 saturated carbocycles. The normalized spacial score (nSPS) is 16.8. The first-order chi connectivity index (χ1) is 13.7. The highest BCUT2D eigenvalue weighted by Gasteiger charge is 2.26. The zero-order valence-electron chi connectivity index (χ0n) is 16.7. The summed E-state index contributed by atoms with van der Waals surface area (Å²) in [6, 6.07) is 11.9. The molecule has 5 heteroatoms. The van der Waals surface area contributed by atoms with E-state index in [-0.39, 0.29) is 6.10 Å². The van der Waals surface area contributed by atoms with Gasteiger partial charge in [-0.25, -0.2) is 0 Å². The Bertz CT molecular complexity index is 949. The average molecular weight is 381 g/mol. The van der Waals surface area contributed by atoms with E-state index in [1.165, 1.54) is 10.9 Å². The van der Waals surface area contributed by atoms with Gasteiger partial charge in [0.1, 0.15) is 24.2 Å². The second-order valence-corrected chi connectivity index (χ2v) is 7.24. The molecule has 1 N–H and O–H groups in total. The van der Waals surface area contributed by atoms with Gasteiger partial charge in [-0.05, 0) is 54.7 Å². The summed E-state index contributed by atoms with van der Waals surface area (Å²) in [5, 5.41) is 1.22. The lowest BCUT2D eigenvalue weighted by Crippen LogP contribution is -2.30. The predicted octanol–water partition coefficient (Wildman–Crippen LogP) is 5.30. The second kappa shape index (κ2) is 8.05. The number of hydrogen-bond donors (Lipinski definition) is 1. The van der Waals surface area contributed by atoms with Crippen LogP contribution in [-0.4, -0.2) is 31.9 Å². The van der Waals surface area contributed by atoms with Crippen LogP contribution in [0.15, 0.2) is 42.6 Å². The van der Waals surface area contributed by atoms with Gasteiger partial charge in [0.2, 0.25) is 0 Å². The Morgan fingerprint density at radius 3 is 2.64 bits per heavy atom. The maximum absolute atomic E-state index is 6.27. The SMILES string of the molecule is CCCC(CC1COc2ccc(OC)cc2O1)c1c[nH]c2ccc(OC)cc12. The molecule has 2 heterocycles. The lowest BCUT2D eigenvalue weighted by Gasteiger charge is -2.29. The summed E-state index contributed by atoms with van der Waals surface area (Å²) >= 11 is 0. The summed E-state index contributed by atoms with van der Waals surface area (Å²) in [4.78, 5) is 3.40. The van der Waals surface area contributed by atoms with Gasteiger partial charge >= 0.3 is 0 Å². The van der Waals surface area contributed by atoms with Gasteiger partial charge in [0, 0.05) is 23.2 Å². The van der Waals surface area contributed by atoms with Gasteiger partial charge in [0.15, 0.2) is 11.5 Å². The molecular weight excluding hydrogens is 354 g/mol. The van der Waals surface area contributed by atoms with Crippen molar-refractivity contribution in [3.63, 3.8) is 0 Å². The molecule has 0 spiro atoms. The van der Waals surface area contributed by atoms with Gasteiger partial charge < -0.3 is 23.9 Å². The first-order valence-electron chi connectivity index (χ1n) is 9.84. The van der Waals surface area contributed by atoms with E-state index in [1.54, 1.807) is 14.2 Å². The molecule has 0 bridgehead atoms. The quantitative estimate of drug-likeness (QED) is 0.603. The van der Waals surface area contributed by atoms with E-state index >= 15 is 0 Å². The van der Waals surface area contributed by atoms with Crippen LogP contribution in [0.1, 0.15) is 37.7 Å². The molecule has 2 atom stereocenters. The number of aromatic nitrogens is 1. The van der Waals surface area contributed by atoms with Gasteiger partial charge in [-0.1, -0.05) is 13.3 Å². The van der Waals surface area contributed by atoms with Crippen LogP contribution in [0.3, 0.4) is 0 Å². The molecule has 1 aromatic heterocycles. The molecule has 0 saturated heterocycles. The molecule has 148 valence electrons. The fourth-order valence-corrected chi connectivity index (χ4v) is 3.99. The molecule has 1 aliphatic heterocycles. The van der Waals surface area contributed by atoms with Crippen molar-refractivity contribution in [1.82, 2.24) is 4.98 Å². The third-order valence-electron chi connectivity index (χ3n) is 5.41. The van der Waals surface area contributed by atoms with Crippen molar-refractivity contribution in [2.24, 2.45) is 0 Å². The lowest BCUT2D eigenvalue weighted by molar-refractivity contribution is 0.0783. The van der Waals surface area contributed by atoms with Crippen LogP contribution in [-0.2, 0) is 0 Å². The highest BCUT2D eigenvalue weighted by molar-refractivity contribution is 5.85. The average Bonchev–Trinajstić information content (AvgIpc) is 3.15. The van der Waals surface area contributed by atoms with Crippen molar-refractivity contribution < 1.29 is 18.9 Å². The summed E-state index contributed by atoms with van der Waals surface area (Å²) < 4.78 is 23.0. The maximum atomic E-state index is 6.27.